The molecule has 0 saturated heterocycles. The molecular formula is C50H48N2. The smallest absolute Gasteiger partial charge is 0.0979 e. The molecule has 0 radical (unpaired) electrons. The molecule has 1 aliphatic carbocycles. The molecule has 0 aliphatic heterocycles. The van der Waals surface area contributed by atoms with Gasteiger partial charge in [-0.1, -0.05) is 171 Å². The van der Waals surface area contributed by atoms with Crippen LogP contribution in [0.1, 0.15) is 112 Å². The van der Waals surface area contributed by atoms with Crippen molar-refractivity contribution >= 4 is 55.1 Å². The van der Waals surface area contributed by atoms with Crippen LogP contribution in [0.3, 0.4) is 0 Å². The molecule has 8 rings (SSSR count). The van der Waals surface area contributed by atoms with E-state index in [4.69, 9.17) is 9.98 Å². The van der Waals surface area contributed by atoms with Gasteiger partial charge in [-0.05, 0) is 90.0 Å². The highest BCUT2D eigenvalue weighted by molar-refractivity contribution is 6.61. The zero-order valence-electron chi connectivity index (χ0n) is 31.8. The van der Waals surface area contributed by atoms with Gasteiger partial charge < -0.3 is 0 Å². The maximum absolute atomic E-state index is 5.76. The summed E-state index contributed by atoms with van der Waals surface area (Å²) in [6.07, 6.45) is 0. The maximum Gasteiger partial charge on any atom is 0.0979 e. The van der Waals surface area contributed by atoms with Crippen LogP contribution in [0, 0.1) is 0 Å². The first kappa shape index (κ1) is 33.8. The molecule has 0 atom stereocenters. The van der Waals surface area contributed by atoms with Gasteiger partial charge in [0.2, 0.25) is 0 Å². The van der Waals surface area contributed by atoms with Crippen molar-refractivity contribution in [3.8, 4) is 11.1 Å². The standard InChI is InChI=1S/C50H48N2/c1-29(2)35-20-13-21-36(30(3)4)47(35)51-49-43-25-15-24-41-42(45-39-18-11-9-16-33(39)28-34-17-10-12-19-40(34)45)26-27-44(46(41)43)50(49)52-48-37(31(5)6)22-14-23-38(48)32(7)8/h9-32H,1-8H3. The van der Waals surface area contributed by atoms with Crippen LogP contribution in [0.15, 0.2) is 131 Å². The van der Waals surface area contributed by atoms with E-state index in [0.717, 1.165) is 33.9 Å². The summed E-state index contributed by atoms with van der Waals surface area (Å²) in [5.74, 6) is 1.33. The number of hydrogen-bond donors (Lipinski definition) is 0. The first-order valence-electron chi connectivity index (χ1n) is 19.0. The summed E-state index contributed by atoms with van der Waals surface area (Å²) in [4.78, 5) is 11.5. The molecule has 0 N–H and O–H groups in total. The lowest BCUT2D eigenvalue weighted by molar-refractivity contribution is 0.834. The third-order valence-electron chi connectivity index (χ3n) is 10.9. The molecule has 0 aromatic heterocycles. The molecule has 52 heavy (non-hydrogen) atoms. The monoisotopic (exact) mass is 676 g/mol. The zero-order valence-corrected chi connectivity index (χ0v) is 31.8. The van der Waals surface area contributed by atoms with E-state index in [0.29, 0.717) is 23.7 Å². The average Bonchev–Trinajstić information content (AvgIpc) is 3.43. The molecule has 7 aromatic rings. The van der Waals surface area contributed by atoms with Crippen molar-refractivity contribution in [2.75, 3.05) is 0 Å². The predicted octanol–water partition coefficient (Wildman–Crippen LogP) is 14.6. The lowest BCUT2D eigenvalue weighted by Crippen LogP contribution is -2.12. The van der Waals surface area contributed by atoms with Crippen LogP contribution >= 0.6 is 0 Å². The molecule has 0 bridgehead atoms. The minimum absolute atomic E-state index is 0.332. The van der Waals surface area contributed by atoms with Crippen LogP contribution in [-0.2, 0) is 0 Å². The largest absolute Gasteiger partial charge is 0.245 e. The summed E-state index contributed by atoms with van der Waals surface area (Å²) in [6.45, 7) is 18.2. The third-order valence-corrected chi connectivity index (χ3v) is 10.9. The second kappa shape index (κ2) is 13.3. The summed E-state index contributed by atoms with van der Waals surface area (Å²) in [6, 6.07) is 44.8. The molecule has 2 nitrogen and oxygen atoms in total. The minimum Gasteiger partial charge on any atom is -0.245 e. The van der Waals surface area contributed by atoms with E-state index in [1.54, 1.807) is 0 Å². The van der Waals surface area contributed by atoms with Gasteiger partial charge in [-0.2, -0.15) is 0 Å². The fraction of sp³-hybridized carbons (Fsp3) is 0.240. The van der Waals surface area contributed by atoms with Crippen LogP contribution in [0.2, 0.25) is 0 Å². The van der Waals surface area contributed by atoms with E-state index in [-0.39, 0.29) is 0 Å². The van der Waals surface area contributed by atoms with Gasteiger partial charge in [0.15, 0.2) is 0 Å². The van der Waals surface area contributed by atoms with E-state index in [1.165, 1.54) is 65.7 Å². The average molecular weight is 677 g/mol. The quantitative estimate of drug-likeness (QED) is 0.150. The van der Waals surface area contributed by atoms with Crippen molar-refractivity contribution in [1.29, 1.82) is 0 Å². The number of nitrogens with zero attached hydrogens (tertiary/aromatic N) is 2. The first-order valence-corrected chi connectivity index (χ1v) is 19.0. The molecule has 2 heteroatoms. The highest BCUT2D eigenvalue weighted by Crippen LogP contribution is 2.45. The van der Waals surface area contributed by atoms with Gasteiger partial charge in [-0.3, -0.25) is 0 Å². The molecule has 1 aliphatic rings. The molecule has 0 unspecified atom stereocenters. The van der Waals surface area contributed by atoms with Crippen LogP contribution in [-0.4, -0.2) is 11.4 Å². The Hall–Kier alpha value is -5.34. The second-order valence-electron chi connectivity index (χ2n) is 15.7. The molecule has 0 amide bonds. The van der Waals surface area contributed by atoms with Crippen molar-refractivity contribution in [2.24, 2.45) is 9.98 Å². The van der Waals surface area contributed by atoms with Gasteiger partial charge in [-0.25, -0.2) is 9.98 Å². The van der Waals surface area contributed by atoms with E-state index in [1.807, 2.05) is 0 Å². The maximum atomic E-state index is 5.76. The van der Waals surface area contributed by atoms with E-state index in [2.05, 4.69) is 177 Å². The van der Waals surface area contributed by atoms with Crippen molar-refractivity contribution in [1.82, 2.24) is 0 Å². The SMILES string of the molecule is CC(C)c1cccc(C(C)C)c1N=C1C(=Nc2c(C(C)C)cccc2C(C)C)c2ccc(-c3c4ccccc4cc4ccccc34)c3cccc1c23. The lowest BCUT2D eigenvalue weighted by atomic mass is 9.88. The Bertz CT molecular complexity index is 2390. The number of aliphatic imine (C=N–C) groups is 2. The molecule has 0 heterocycles. The highest BCUT2D eigenvalue weighted by atomic mass is 14.9. The number of para-hydroxylation sites is 2. The fourth-order valence-corrected chi connectivity index (χ4v) is 8.31. The number of rotatable bonds is 7. The normalized spacial score (nSPS) is 14.5. The Morgan fingerprint density at radius 2 is 0.750 bits per heavy atom. The summed E-state index contributed by atoms with van der Waals surface area (Å²) in [5.41, 5.74) is 14.0. The highest BCUT2D eigenvalue weighted by Gasteiger charge is 2.31. The van der Waals surface area contributed by atoms with Gasteiger partial charge in [0.25, 0.3) is 0 Å². The molecule has 0 fully saturated rings. The summed E-state index contributed by atoms with van der Waals surface area (Å²) < 4.78 is 0. The third kappa shape index (κ3) is 5.57. The molecule has 258 valence electrons. The van der Waals surface area contributed by atoms with Gasteiger partial charge in [0, 0.05) is 16.5 Å². The van der Waals surface area contributed by atoms with Gasteiger partial charge >= 0.3 is 0 Å². The topological polar surface area (TPSA) is 24.7 Å². The number of hydrogen-bond acceptors (Lipinski definition) is 2. The summed E-state index contributed by atoms with van der Waals surface area (Å²) >= 11 is 0. The van der Waals surface area contributed by atoms with Crippen molar-refractivity contribution < 1.29 is 0 Å². The molecule has 0 saturated carbocycles. The van der Waals surface area contributed by atoms with Crippen LogP contribution in [0.5, 0.6) is 0 Å². The Morgan fingerprint density at radius 3 is 1.21 bits per heavy atom. The second-order valence-corrected chi connectivity index (χ2v) is 15.7. The number of fused-ring (bicyclic) bond motifs is 2. The van der Waals surface area contributed by atoms with Gasteiger partial charge in [0.1, 0.15) is 0 Å². The molecule has 7 aromatic carbocycles. The van der Waals surface area contributed by atoms with Crippen LogP contribution < -0.4 is 0 Å². The fourth-order valence-electron chi connectivity index (χ4n) is 8.31. The summed E-state index contributed by atoms with van der Waals surface area (Å²) in [5, 5.41) is 7.50. The Labute approximate surface area is 309 Å². The van der Waals surface area contributed by atoms with E-state index >= 15 is 0 Å². The Kier molecular flexibility index (Phi) is 8.66. The van der Waals surface area contributed by atoms with E-state index < -0.39 is 0 Å². The molecule has 0 spiro atoms. The first-order chi connectivity index (χ1) is 25.1. The Balaban J connectivity index is 1.50. The lowest BCUT2D eigenvalue weighted by Gasteiger charge is -2.19. The summed E-state index contributed by atoms with van der Waals surface area (Å²) in [7, 11) is 0. The van der Waals surface area contributed by atoms with Crippen LogP contribution in [0.25, 0.3) is 43.4 Å². The van der Waals surface area contributed by atoms with Crippen LogP contribution in [0.4, 0.5) is 11.4 Å². The Morgan fingerprint density at radius 1 is 0.365 bits per heavy atom. The predicted molar refractivity (Wildman–Crippen MR) is 226 cm³/mol. The van der Waals surface area contributed by atoms with E-state index in [9.17, 15) is 0 Å². The zero-order chi connectivity index (χ0) is 36.3. The molecular weight excluding hydrogens is 629 g/mol. The minimum atomic E-state index is 0.332. The van der Waals surface area contributed by atoms with Crippen molar-refractivity contribution in [3.63, 3.8) is 0 Å². The van der Waals surface area contributed by atoms with Crippen molar-refractivity contribution in [2.45, 2.75) is 79.1 Å². The van der Waals surface area contributed by atoms with Crippen molar-refractivity contribution in [3.05, 3.63) is 155 Å². The van der Waals surface area contributed by atoms with Gasteiger partial charge in [0.05, 0.1) is 22.8 Å². The van der Waals surface area contributed by atoms with Gasteiger partial charge in [-0.15, -0.1) is 0 Å². The number of benzene rings is 7.